The van der Waals surface area contributed by atoms with Gasteiger partial charge in [0.05, 0.1) is 12.8 Å². The smallest absolute Gasteiger partial charge is 0.239 e. The first-order valence-electron chi connectivity index (χ1n) is 7.70. The van der Waals surface area contributed by atoms with E-state index in [0.717, 1.165) is 32.4 Å². The van der Waals surface area contributed by atoms with Crippen LogP contribution in [0.5, 0.6) is 5.75 Å². The van der Waals surface area contributed by atoms with Crippen molar-refractivity contribution in [2.45, 2.75) is 33.1 Å². The Bertz CT molecular complexity index is 549. The summed E-state index contributed by atoms with van der Waals surface area (Å²) in [5, 5.41) is 2.81. The Morgan fingerprint density at radius 3 is 2.41 bits per heavy atom. The van der Waals surface area contributed by atoms with E-state index in [2.05, 4.69) is 5.32 Å². The van der Waals surface area contributed by atoms with Gasteiger partial charge in [-0.2, -0.15) is 0 Å². The minimum absolute atomic E-state index is 0.111. The quantitative estimate of drug-likeness (QED) is 0.870. The van der Waals surface area contributed by atoms with E-state index in [1.807, 2.05) is 12.1 Å². The number of hydrogen-bond acceptors (Lipinski definition) is 3. The van der Waals surface area contributed by atoms with Crippen molar-refractivity contribution in [1.82, 2.24) is 4.90 Å². The lowest BCUT2D eigenvalue weighted by Gasteiger charge is -2.33. The zero-order valence-corrected chi connectivity index (χ0v) is 13.5. The fourth-order valence-electron chi connectivity index (χ4n) is 2.62. The average Bonchev–Trinajstić information content (AvgIpc) is 2.55. The lowest BCUT2D eigenvalue weighted by molar-refractivity contribution is -0.147. The number of anilines is 1. The Morgan fingerprint density at radius 1 is 1.14 bits per heavy atom. The van der Waals surface area contributed by atoms with Gasteiger partial charge in [-0.05, 0) is 45.2 Å². The second kappa shape index (κ2) is 6.81. The van der Waals surface area contributed by atoms with E-state index >= 15 is 0 Å². The number of likely N-dealkylation sites (tertiary alicyclic amines) is 1. The highest BCUT2D eigenvalue weighted by Gasteiger charge is 2.39. The molecule has 1 heterocycles. The predicted molar refractivity (Wildman–Crippen MR) is 85.8 cm³/mol. The van der Waals surface area contributed by atoms with Crippen molar-refractivity contribution in [3.05, 3.63) is 24.3 Å². The molecule has 1 aromatic carbocycles. The van der Waals surface area contributed by atoms with Crippen LogP contribution < -0.4 is 10.1 Å². The van der Waals surface area contributed by atoms with E-state index in [-0.39, 0.29) is 11.8 Å². The standard InChI is InChI=1S/C17H24N2O3/c1-17(2,16(21)19-11-7-4-8-12-19)15(20)18-13-9-5-6-10-14(13)22-3/h5-6,9-10H,4,7-8,11-12H2,1-3H3,(H,18,20). The SMILES string of the molecule is COc1ccccc1NC(=O)C(C)(C)C(=O)N1CCCCC1. The number of nitrogens with one attached hydrogen (secondary N) is 1. The molecule has 2 rings (SSSR count). The van der Waals surface area contributed by atoms with E-state index in [1.54, 1.807) is 38.0 Å². The molecule has 120 valence electrons. The largest absolute Gasteiger partial charge is 0.495 e. The maximum Gasteiger partial charge on any atom is 0.239 e. The number of carbonyl (C=O) groups excluding carboxylic acids is 2. The van der Waals surface area contributed by atoms with E-state index in [1.165, 1.54) is 0 Å². The zero-order valence-electron chi connectivity index (χ0n) is 13.5. The zero-order chi connectivity index (χ0) is 16.2. The van der Waals surface area contributed by atoms with Crippen molar-refractivity contribution in [2.75, 3.05) is 25.5 Å². The molecule has 1 aromatic rings. The molecule has 0 radical (unpaired) electrons. The van der Waals surface area contributed by atoms with E-state index in [0.29, 0.717) is 11.4 Å². The van der Waals surface area contributed by atoms with Crippen LogP contribution in [0.25, 0.3) is 0 Å². The molecule has 1 fully saturated rings. The molecule has 0 atom stereocenters. The first kappa shape index (κ1) is 16.3. The Hall–Kier alpha value is -2.04. The molecule has 2 amide bonds. The van der Waals surface area contributed by atoms with Crippen molar-refractivity contribution < 1.29 is 14.3 Å². The number of carbonyl (C=O) groups is 2. The van der Waals surface area contributed by atoms with Gasteiger partial charge in [0.2, 0.25) is 11.8 Å². The summed E-state index contributed by atoms with van der Waals surface area (Å²) < 4.78 is 5.23. The molecule has 22 heavy (non-hydrogen) atoms. The van der Waals surface area contributed by atoms with Crippen molar-refractivity contribution >= 4 is 17.5 Å². The third kappa shape index (κ3) is 3.40. The summed E-state index contributed by atoms with van der Waals surface area (Å²) in [7, 11) is 1.55. The predicted octanol–water partition coefficient (Wildman–Crippen LogP) is 2.67. The molecule has 0 bridgehead atoms. The molecular weight excluding hydrogens is 280 g/mol. The number of piperidine rings is 1. The van der Waals surface area contributed by atoms with Crippen LogP contribution in [0, 0.1) is 5.41 Å². The highest BCUT2D eigenvalue weighted by molar-refractivity contribution is 6.10. The highest BCUT2D eigenvalue weighted by atomic mass is 16.5. The first-order valence-corrected chi connectivity index (χ1v) is 7.70. The highest BCUT2D eigenvalue weighted by Crippen LogP contribution is 2.28. The summed E-state index contributed by atoms with van der Waals surface area (Å²) in [5.74, 6) is 0.157. The molecule has 1 N–H and O–H groups in total. The summed E-state index contributed by atoms with van der Waals surface area (Å²) in [6, 6.07) is 7.18. The number of ether oxygens (including phenoxy) is 1. The molecule has 0 unspecified atom stereocenters. The Balaban J connectivity index is 2.11. The number of nitrogens with zero attached hydrogens (tertiary/aromatic N) is 1. The Morgan fingerprint density at radius 2 is 1.77 bits per heavy atom. The fraction of sp³-hybridized carbons (Fsp3) is 0.529. The van der Waals surface area contributed by atoms with Crippen molar-refractivity contribution in [1.29, 1.82) is 0 Å². The molecule has 0 aromatic heterocycles. The van der Waals surface area contributed by atoms with Gasteiger partial charge in [-0.3, -0.25) is 9.59 Å². The van der Waals surface area contributed by atoms with Crippen LogP contribution in [0.4, 0.5) is 5.69 Å². The van der Waals surface area contributed by atoms with Crippen LogP contribution >= 0.6 is 0 Å². The summed E-state index contributed by atoms with van der Waals surface area (Å²) in [4.78, 5) is 27.0. The van der Waals surface area contributed by atoms with Crippen LogP contribution in [0.15, 0.2) is 24.3 Å². The first-order chi connectivity index (χ1) is 10.5. The number of para-hydroxylation sites is 2. The van der Waals surface area contributed by atoms with Gasteiger partial charge >= 0.3 is 0 Å². The number of rotatable bonds is 4. The number of methoxy groups -OCH3 is 1. The third-order valence-electron chi connectivity index (χ3n) is 4.10. The van der Waals surface area contributed by atoms with Crippen LogP contribution in [-0.4, -0.2) is 36.9 Å². The lowest BCUT2D eigenvalue weighted by atomic mass is 9.89. The molecular formula is C17H24N2O3. The van der Waals surface area contributed by atoms with Crippen LogP contribution in [-0.2, 0) is 9.59 Å². The van der Waals surface area contributed by atoms with Crippen molar-refractivity contribution in [2.24, 2.45) is 5.41 Å². The number of hydrogen-bond donors (Lipinski definition) is 1. The molecule has 0 spiro atoms. The third-order valence-corrected chi connectivity index (χ3v) is 4.10. The van der Waals surface area contributed by atoms with Crippen LogP contribution in [0.1, 0.15) is 33.1 Å². The van der Waals surface area contributed by atoms with Crippen LogP contribution in [0.3, 0.4) is 0 Å². The van der Waals surface area contributed by atoms with Crippen LogP contribution in [0.2, 0.25) is 0 Å². The summed E-state index contributed by atoms with van der Waals surface area (Å²) in [5.41, 5.74) is -0.521. The van der Waals surface area contributed by atoms with Gasteiger partial charge in [0.15, 0.2) is 0 Å². The van der Waals surface area contributed by atoms with Gasteiger partial charge in [0, 0.05) is 13.1 Å². The minimum atomic E-state index is -1.10. The topological polar surface area (TPSA) is 58.6 Å². The molecule has 0 saturated carbocycles. The van der Waals surface area contributed by atoms with Gasteiger partial charge in [0.25, 0.3) is 0 Å². The van der Waals surface area contributed by atoms with E-state index < -0.39 is 5.41 Å². The monoisotopic (exact) mass is 304 g/mol. The normalized spacial score (nSPS) is 15.3. The second-order valence-corrected chi connectivity index (χ2v) is 6.13. The number of amides is 2. The van der Waals surface area contributed by atoms with Gasteiger partial charge in [-0.1, -0.05) is 12.1 Å². The molecule has 1 saturated heterocycles. The summed E-state index contributed by atoms with van der Waals surface area (Å²) >= 11 is 0. The molecule has 0 aliphatic carbocycles. The fourth-order valence-corrected chi connectivity index (χ4v) is 2.62. The van der Waals surface area contributed by atoms with Gasteiger partial charge in [-0.15, -0.1) is 0 Å². The molecule has 5 heteroatoms. The molecule has 1 aliphatic rings. The number of benzene rings is 1. The van der Waals surface area contributed by atoms with Gasteiger partial charge in [-0.25, -0.2) is 0 Å². The van der Waals surface area contributed by atoms with Gasteiger partial charge in [0.1, 0.15) is 11.2 Å². The lowest BCUT2D eigenvalue weighted by Crippen LogP contribution is -2.49. The molecule has 1 aliphatic heterocycles. The van der Waals surface area contributed by atoms with Gasteiger partial charge < -0.3 is 15.0 Å². The van der Waals surface area contributed by atoms with E-state index in [9.17, 15) is 9.59 Å². The maximum atomic E-state index is 12.6. The maximum absolute atomic E-state index is 12.6. The Labute approximate surface area is 131 Å². The average molecular weight is 304 g/mol. The molecule has 5 nitrogen and oxygen atoms in total. The second-order valence-electron chi connectivity index (χ2n) is 6.13. The minimum Gasteiger partial charge on any atom is -0.495 e. The Kier molecular flexibility index (Phi) is 5.06. The summed E-state index contributed by atoms with van der Waals surface area (Å²) in [6.45, 7) is 4.83. The van der Waals surface area contributed by atoms with Crippen molar-refractivity contribution in [3.8, 4) is 5.75 Å². The van der Waals surface area contributed by atoms with E-state index in [4.69, 9.17) is 4.74 Å². The summed E-state index contributed by atoms with van der Waals surface area (Å²) in [6.07, 6.45) is 3.17. The van der Waals surface area contributed by atoms with Crippen molar-refractivity contribution in [3.63, 3.8) is 0 Å².